The van der Waals surface area contributed by atoms with Crippen molar-refractivity contribution >= 4 is 33.0 Å². The summed E-state index contributed by atoms with van der Waals surface area (Å²) in [6.45, 7) is 4.14. The third-order valence-corrected chi connectivity index (χ3v) is 8.80. The highest BCUT2D eigenvalue weighted by atomic mass is 35.5. The molecule has 2 aromatic rings. The molecular weight excluding hydrogens is 422 g/mol. The lowest BCUT2D eigenvalue weighted by Crippen LogP contribution is -2.45. The van der Waals surface area contributed by atoms with Crippen LogP contribution in [-0.4, -0.2) is 57.2 Å². The number of anilines is 1. The Morgan fingerprint density at radius 1 is 1.03 bits per heavy atom. The maximum Gasteiger partial charge on any atom is 0.242 e. The maximum absolute atomic E-state index is 13.1. The second-order valence-electron chi connectivity index (χ2n) is 8.05. The summed E-state index contributed by atoms with van der Waals surface area (Å²) < 4.78 is 24.8. The predicted molar refractivity (Wildman–Crippen MR) is 119 cm³/mol. The third kappa shape index (κ3) is 3.94. The van der Waals surface area contributed by atoms with Crippen LogP contribution in [0.25, 0.3) is 0 Å². The van der Waals surface area contributed by atoms with Gasteiger partial charge in [0.05, 0.1) is 4.90 Å². The van der Waals surface area contributed by atoms with E-state index in [1.165, 1.54) is 24.3 Å². The largest absolute Gasteiger partial charge is 0.369 e. The molecule has 0 atom stereocenters. The van der Waals surface area contributed by atoms with Crippen molar-refractivity contribution in [1.82, 2.24) is 10.2 Å². The fraction of sp³-hybridized carbons (Fsp3) is 0.409. The number of carbonyl (C=O) groups is 1. The molecule has 1 saturated carbocycles. The van der Waals surface area contributed by atoms with Crippen molar-refractivity contribution in [3.05, 3.63) is 59.1 Å². The van der Waals surface area contributed by atoms with E-state index < -0.39 is 20.5 Å². The zero-order valence-electron chi connectivity index (χ0n) is 17.0. The van der Waals surface area contributed by atoms with E-state index in [0.717, 1.165) is 37.4 Å². The molecule has 8 heteroatoms. The molecule has 1 heterocycles. The van der Waals surface area contributed by atoms with Gasteiger partial charge in [0.25, 0.3) is 0 Å². The molecule has 2 aromatic carbocycles. The smallest absolute Gasteiger partial charge is 0.242 e. The molecule has 2 aliphatic rings. The number of rotatable bonds is 6. The van der Waals surface area contributed by atoms with Crippen LogP contribution in [0, 0.1) is 0 Å². The monoisotopic (exact) mass is 447 g/mol. The summed E-state index contributed by atoms with van der Waals surface area (Å²) in [5.41, 5.74) is 2.09. The Bertz CT molecular complexity index is 1030. The molecule has 6 nitrogen and oxygen atoms in total. The predicted octanol–water partition coefficient (Wildman–Crippen LogP) is 2.71. The number of benzene rings is 2. The van der Waals surface area contributed by atoms with Crippen LogP contribution in [0.15, 0.2) is 53.4 Å². The Morgan fingerprint density at radius 3 is 2.30 bits per heavy atom. The van der Waals surface area contributed by atoms with Gasteiger partial charge in [-0.1, -0.05) is 29.8 Å². The maximum atomic E-state index is 13.1. The number of para-hydroxylation sites is 1. The molecule has 2 fully saturated rings. The van der Waals surface area contributed by atoms with E-state index in [4.69, 9.17) is 11.6 Å². The fourth-order valence-corrected chi connectivity index (χ4v) is 5.95. The minimum atomic E-state index is -3.77. The Balaban J connectivity index is 1.48. The van der Waals surface area contributed by atoms with Gasteiger partial charge in [-0.05, 0) is 55.8 Å². The summed E-state index contributed by atoms with van der Waals surface area (Å²) in [7, 11) is -1.66. The highest BCUT2D eigenvalue weighted by Gasteiger charge is 2.61. The second-order valence-corrected chi connectivity index (χ2v) is 10.7. The van der Waals surface area contributed by atoms with Crippen molar-refractivity contribution in [3.8, 4) is 0 Å². The van der Waals surface area contributed by atoms with E-state index in [-0.39, 0.29) is 4.90 Å². The average molecular weight is 448 g/mol. The zero-order chi connectivity index (χ0) is 21.4. The number of nitrogens with one attached hydrogen (secondary N) is 1. The van der Waals surface area contributed by atoms with E-state index >= 15 is 0 Å². The minimum Gasteiger partial charge on any atom is -0.369 e. The summed E-state index contributed by atoms with van der Waals surface area (Å²) in [4.78, 5) is 17.7. The molecule has 1 amide bonds. The van der Waals surface area contributed by atoms with E-state index in [0.29, 0.717) is 24.4 Å². The molecule has 0 aromatic heterocycles. The van der Waals surface area contributed by atoms with E-state index in [1.54, 1.807) is 0 Å². The Morgan fingerprint density at radius 2 is 1.67 bits per heavy atom. The standard InChI is InChI=1S/C22H26ClN3O3S/c1-25-12-14-26(15-13-25)20-5-3-2-4-17(20)16-24-21(27)22(10-11-22)30(28,29)19-8-6-18(23)7-9-19/h2-9H,10-16H2,1H3,(H,24,27). The average Bonchev–Trinajstić information content (AvgIpc) is 3.56. The van der Waals surface area contributed by atoms with Crippen LogP contribution >= 0.6 is 11.6 Å². The molecular formula is C22H26ClN3O3S. The summed E-state index contributed by atoms with van der Waals surface area (Å²) >= 11 is 5.88. The van der Waals surface area contributed by atoms with Gasteiger partial charge in [0.2, 0.25) is 5.91 Å². The number of halogens is 1. The second kappa shape index (κ2) is 8.21. The molecule has 4 rings (SSSR count). The first kappa shape index (κ1) is 21.2. The number of hydrogen-bond acceptors (Lipinski definition) is 5. The summed E-state index contributed by atoms with van der Waals surface area (Å²) in [6.07, 6.45) is 0.674. The first-order chi connectivity index (χ1) is 14.3. The quantitative estimate of drug-likeness (QED) is 0.737. The number of likely N-dealkylation sites (N-methyl/N-ethyl adjacent to an activating group) is 1. The van der Waals surface area contributed by atoms with Gasteiger partial charge >= 0.3 is 0 Å². The fourth-order valence-electron chi connectivity index (χ4n) is 3.92. The van der Waals surface area contributed by atoms with Crippen molar-refractivity contribution in [3.63, 3.8) is 0 Å². The molecule has 30 heavy (non-hydrogen) atoms. The lowest BCUT2D eigenvalue weighted by atomic mass is 10.1. The Kier molecular flexibility index (Phi) is 5.79. The number of piperazine rings is 1. The number of sulfone groups is 1. The van der Waals surface area contributed by atoms with Gasteiger partial charge in [0, 0.05) is 43.4 Å². The molecule has 1 saturated heterocycles. The Hall–Kier alpha value is -2.09. The van der Waals surface area contributed by atoms with Crippen LogP contribution in [0.1, 0.15) is 18.4 Å². The minimum absolute atomic E-state index is 0.136. The molecule has 0 unspecified atom stereocenters. The number of hydrogen-bond donors (Lipinski definition) is 1. The van der Waals surface area contributed by atoms with Crippen LogP contribution in [0.3, 0.4) is 0 Å². The van der Waals surface area contributed by atoms with Crippen molar-refractivity contribution in [1.29, 1.82) is 0 Å². The molecule has 1 N–H and O–H groups in total. The SMILES string of the molecule is CN1CCN(c2ccccc2CNC(=O)C2(S(=O)(=O)c3ccc(Cl)cc3)CC2)CC1. The molecule has 160 valence electrons. The molecule has 0 radical (unpaired) electrons. The lowest BCUT2D eigenvalue weighted by Gasteiger charge is -2.35. The molecule has 0 spiro atoms. The first-order valence-electron chi connectivity index (χ1n) is 10.1. The van der Waals surface area contributed by atoms with Crippen LogP contribution in [0.2, 0.25) is 5.02 Å². The van der Waals surface area contributed by atoms with Gasteiger partial charge in [-0.2, -0.15) is 0 Å². The number of nitrogens with zero attached hydrogens (tertiary/aromatic N) is 2. The van der Waals surface area contributed by atoms with Gasteiger partial charge in [0.15, 0.2) is 14.6 Å². The van der Waals surface area contributed by atoms with Gasteiger partial charge in [-0.15, -0.1) is 0 Å². The van der Waals surface area contributed by atoms with Crippen LogP contribution < -0.4 is 10.2 Å². The van der Waals surface area contributed by atoms with Crippen LogP contribution in [-0.2, 0) is 21.2 Å². The highest BCUT2D eigenvalue weighted by molar-refractivity contribution is 7.94. The summed E-state index contributed by atoms with van der Waals surface area (Å²) in [5.74, 6) is -0.425. The number of amides is 1. The topological polar surface area (TPSA) is 69.7 Å². The third-order valence-electron chi connectivity index (χ3n) is 6.03. The van der Waals surface area contributed by atoms with Gasteiger partial charge < -0.3 is 15.1 Å². The molecule has 1 aliphatic heterocycles. The number of carbonyl (C=O) groups excluding carboxylic acids is 1. The summed E-state index contributed by atoms with van der Waals surface area (Å²) in [6, 6.07) is 14.0. The zero-order valence-corrected chi connectivity index (χ0v) is 18.5. The lowest BCUT2D eigenvalue weighted by molar-refractivity contribution is -0.121. The van der Waals surface area contributed by atoms with E-state index in [9.17, 15) is 13.2 Å². The van der Waals surface area contributed by atoms with Crippen molar-refractivity contribution < 1.29 is 13.2 Å². The molecule has 0 bridgehead atoms. The van der Waals surface area contributed by atoms with Crippen LogP contribution in [0.5, 0.6) is 0 Å². The van der Waals surface area contributed by atoms with Crippen molar-refractivity contribution in [2.24, 2.45) is 0 Å². The summed E-state index contributed by atoms with van der Waals surface area (Å²) in [5, 5.41) is 3.36. The van der Waals surface area contributed by atoms with Crippen LogP contribution in [0.4, 0.5) is 5.69 Å². The normalized spacial score (nSPS) is 18.8. The molecule has 1 aliphatic carbocycles. The first-order valence-corrected chi connectivity index (χ1v) is 12.0. The van der Waals surface area contributed by atoms with Gasteiger partial charge in [-0.3, -0.25) is 4.79 Å². The van der Waals surface area contributed by atoms with Gasteiger partial charge in [-0.25, -0.2) is 8.42 Å². The van der Waals surface area contributed by atoms with E-state index in [2.05, 4.69) is 28.2 Å². The van der Waals surface area contributed by atoms with Crippen molar-refractivity contribution in [2.45, 2.75) is 29.0 Å². The highest BCUT2D eigenvalue weighted by Crippen LogP contribution is 2.47. The Labute approximate surface area is 182 Å². The van der Waals surface area contributed by atoms with E-state index in [1.807, 2.05) is 18.2 Å². The van der Waals surface area contributed by atoms with Gasteiger partial charge in [0.1, 0.15) is 0 Å². The van der Waals surface area contributed by atoms with Crippen molar-refractivity contribution in [2.75, 3.05) is 38.1 Å².